The van der Waals surface area contributed by atoms with Gasteiger partial charge in [0.1, 0.15) is 5.69 Å². The molecule has 28 heavy (non-hydrogen) atoms. The monoisotopic (exact) mass is 390 g/mol. The van der Waals surface area contributed by atoms with Crippen LogP contribution in [0.25, 0.3) is 0 Å². The van der Waals surface area contributed by atoms with Crippen molar-refractivity contribution in [1.29, 1.82) is 0 Å². The van der Waals surface area contributed by atoms with Crippen LogP contribution in [0.4, 0.5) is 0 Å². The molecular weight excluding hydrogens is 360 g/mol. The number of carbonyl (C=O) groups is 3. The van der Waals surface area contributed by atoms with Gasteiger partial charge in [0.15, 0.2) is 0 Å². The largest absolute Gasteiger partial charge is 0.465 e. The highest BCUT2D eigenvalue weighted by atomic mass is 16.5. The van der Waals surface area contributed by atoms with Crippen molar-refractivity contribution in [2.24, 2.45) is 0 Å². The lowest BCUT2D eigenvalue weighted by Gasteiger charge is -2.37. The normalized spacial score (nSPS) is 18.6. The number of hydrogen-bond donors (Lipinski definition) is 2. The molecular formula is C20H30N4O4. The molecule has 1 saturated carbocycles. The number of H-pyrrole nitrogens is 1. The number of aromatic nitrogens is 1. The molecule has 0 radical (unpaired) electrons. The maximum absolute atomic E-state index is 13.0. The van der Waals surface area contributed by atoms with Crippen LogP contribution < -0.4 is 5.32 Å². The molecule has 154 valence electrons. The SMILES string of the molecule is CCc1[nH]c(C(=O)N2CCN([C@@H](C)C(=O)NC3CC3)CC2)c(C)c1C(=O)OC. The van der Waals surface area contributed by atoms with Crippen molar-refractivity contribution >= 4 is 17.8 Å². The summed E-state index contributed by atoms with van der Waals surface area (Å²) in [4.78, 5) is 44.4. The van der Waals surface area contributed by atoms with Crippen molar-refractivity contribution in [2.45, 2.75) is 52.1 Å². The number of rotatable bonds is 6. The Kier molecular flexibility index (Phi) is 6.07. The molecule has 3 rings (SSSR count). The molecule has 0 bridgehead atoms. The van der Waals surface area contributed by atoms with E-state index in [-0.39, 0.29) is 17.9 Å². The molecule has 2 heterocycles. The predicted octanol–water partition coefficient (Wildman–Crippen LogP) is 1.10. The van der Waals surface area contributed by atoms with Crippen LogP contribution in [0, 0.1) is 6.92 Å². The second kappa shape index (κ2) is 8.34. The maximum Gasteiger partial charge on any atom is 0.339 e. The summed E-state index contributed by atoms with van der Waals surface area (Å²) in [6.45, 7) is 8.01. The quantitative estimate of drug-likeness (QED) is 0.710. The molecule has 0 spiro atoms. The summed E-state index contributed by atoms with van der Waals surface area (Å²) in [6, 6.07) is 0.160. The molecule has 2 fully saturated rings. The van der Waals surface area contributed by atoms with Crippen LogP contribution in [-0.2, 0) is 16.0 Å². The Hall–Kier alpha value is -2.35. The zero-order valence-electron chi connectivity index (χ0n) is 17.1. The van der Waals surface area contributed by atoms with Crippen LogP contribution in [0.5, 0.6) is 0 Å². The Morgan fingerprint density at radius 1 is 1.21 bits per heavy atom. The molecule has 0 unspecified atom stereocenters. The fourth-order valence-corrected chi connectivity index (χ4v) is 3.70. The molecule has 1 aromatic heterocycles. The smallest absolute Gasteiger partial charge is 0.339 e. The first kappa shape index (κ1) is 20.4. The van der Waals surface area contributed by atoms with Crippen molar-refractivity contribution in [1.82, 2.24) is 20.1 Å². The minimum atomic E-state index is -0.426. The van der Waals surface area contributed by atoms with E-state index >= 15 is 0 Å². The molecule has 2 amide bonds. The van der Waals surface area contributed by atoms with E-state index in [2.05, 4.69) is 15.2 Å². The van der Waals surface area contributed by atoms with Gasteiger partial charge in [0, 0.05) is 37.9 Å². The van der Waals surface area contributed by atoms with Gasteiger partial charge in [0.05, 0.1) is 18.7 Å². The first-order valence-corrected chi connectivity index (χ1v) is 10.0. The van der Waals surface area contributed by atoms with Crippen molar-refractivity contribution in [3.8, 4) is 0 Å². The number of aryl methyl sites for hydroxylation is 1. The van der Waals surface area contributed by atoms with E-state index in [0.717, 1.165) is 18.5 Å². The molecule has 2 N–H and O–H groups in total. The molecule has 8 nitrogen and oxygen atoms in total. The third-order valence-electron chi connectivity index (χ3n) is 5.74. The average molecular weight is 390 g/mol. The standard InChI is InChI=1S/C20H30N4O4/c1-5-15-16(20(27)28-4)12(2)17(22-15)19(26)24-10-8-23(9-11-24)13(3)18(25)21-14-6-7-14/h13-14,22H,5-11H2,1-4H3,(H,21,25)/t13-/m0/s1. The van der Waals surface area contributed by atoms with Crippen LogP contribution in [0.2, 0.25) is 0 Å². The summed E-state index contributed by atoms with van der Waals surface area (Å²) in [5.41, 5.74) is 2.26. The minimum Gasteiger partial charge on any atom is -0.465 e. The average Bonchev–Trinajstić information content (AvgIpc) is 3.46. The van der Waals surface area contributed by atoms with Gasteiger partial charge in [-0.2, -0.15) is 0 Å². The van der Waals surface area contributed by atoms with Gasteiger partial charge in [0.2, 0.25) is 5.91 Å². The second-order valence-corrected chi connectivity index (χ2v) is 7.61. The van der Waals surface area contributed by atoms with Gasteiger partial charge in [-0.05, 0) is 38.7 Å². The lowest BCUT2D eigenvalue weighted by Crippen LogP contribution is -2.55. The predicted molar refractivity (Wildman–Crippen MR) is 104 cm³/mol. The van der Waals surface area contributed by atoms with E-state index in [1.54, 1.807) is 11.8 Å². The molecule has 8 heteroatoms. The highest BCUT2D eigenvalue weighted by molar-refractivity contribution is 6.00. The van der Waals surface area contributed by atoms with Gasteiger partial charge < -0.3 is 19.9 Å². The number of ether oxygens (including phenoxy) is 1. The Morgan fingerprint density at radius 2 is 1.86 bits per heavy atom. The van der Waals surface area contributed by atoms with E-state index in [4.69, 9.17) is 4.74 Å². The molecule has 1 atom stereocenters. The number of methoxy groups -OCH3 is 1. The Morgan fingerprint density at radius 3 is 2.39 bits per heavy atom. The van der Waals surface area contributed by atoms with Gasteiger partial charge in [-0.3, -0.25) is 14.5 Å². The first-order chi connectivity index (χ1) is 13.4. The Labute approximate surface area is 165 Å². The summed E-state index contributed by atoms with van der Waals surface area (Å²) >= 11 is 0. The zero-order valence-corrected chi connectivity index (χ0v) is 17.1. The third kappa shape index (κ3) is 4.06. The zero-order chi connectivity index (χ0) is 20.4. The summed E-state index contributed by atoms with van der Waals surface area (Å²) < 4.78 is 4.86. The number of aromatic amines is 1. The van der Waals surface area contributed by atoms with E-state index in [9.17, 15) is 14.4 Å². The molecule has 1 aromatic rings. The highest BCUT2D eigenvalue weighted by Crippen LogP contribution is 2.23. The summed E-state index contributed by atoms with van der Waals surface area (Å²) in [5, 5.41) is 3.04. The summed E-state index contributed by atoms with van der Waals surface area (Å²) in [5.74, 6) is -0.472. The van der Waals surface area contributed by atoms with Gasteiger partial charge in [-0.25, -0.2) is 4.79 Å². The van der Waals surface area contributed by atoms with E-state index in [1.165, 1.54) is 7.11 Å². The molecule has 2 aliphatic rings. The molecule has 1 aliphatic heterocycles. The highest BCUT2D eigenvalue weighted by Gasteiger charge is 2.32. The van der Waals surface area contributed by atoms with Crippen molar-refractivity contribution in [3.63, 3.8) is 0 Å². The first-order valence-electron chi connectivity index (χ1n) is 10.0. The van der Waals surface area contributed by atoms with E-state index < -0.39 is 5.97 Å². The van der Waals surface area contributed by atoms with Crippen LogP contribution >= 0.6 is 0 Å². The fraction of sp³-hybridized carbons (Fsp3) is 0.650. The van der Waals surface area contributed by atoms with Gasteiger partial charge in [-0.1, -0.05) is 6.92 Å². The number of nitrogens with one attached hydrogen (secondary N) is 2. The lowest BCUT2D eigenvalue weighted by atomic mass is 10.1. The number of nitrogens with zero attached hydrogens (tertiary/aromatic N) is 2. The second-order valence-electron chi connectivity index (χ2n) is 7.61. The summed E-state index contributed by atoms with van der Waals surface area (Å²) in [6.07, 6.45) is 2.76. The summed E-state index contributed by atoms with van der Waals surface area (Å²) in [7, 11) is 1.34. The Balaban J connectivity index is 1.64. The topological polar surface area (TPSA) is 94.7 Å². The number of hydrogen-bond acceptors (Lipinski definition) is 5. The van der Waals surface area contributed by atoms with Crippen molar-refractivity contribution in [2.75, 3.05) is 33.3 Å². The number of amides is 2. The molecule has 0 aromatic carbocycles. The van der Waals surface area contributed by atoms with Crippen LogP contribution in [0.15, 0.2) is 0 Å². The van der Waals surface area contributed by atoms with Crippen LogP contribution in [-0.4, -0.2) is 77.9 Å². The van der Waals surface area contributed by atoms with Crippen molar-refractivity contribution < 1.29 is 19.1 Å². The number of piperazine rings is 1. The van der Waals surface area contributed by atoms with Gasteiger partial charge in [0.25, 0.3) is 5.91 Å². The van der Waals surface area contributed by atoms with E-state index in [0.29, 0.717) is 55.5 Å². The number of carbonyl (C=O) groups excluding carboxylic acids is 3. The molecule has 1 aliphatic carbocycles. The lowest BCUT2D eigenvalue weighted by molar-refractivity contribution is -0.126. The van der Waals surface area contributed by atoms with Gasteiger partial charge in [-0.15, -0.1) is 0 Å². The van der Waals surface area contributed by atoms with Crippen LogP contribution in [0.3, 0.4) is 0 Å². The van der Waals surface area contributed by atoms with E-state index in [1.807, 2.05) is 13.8 Å². The van der Waals surface area contributed by atoms with Crippen molar-refractivity contribution in [3.05, 3.63) is 22.5 Å². The minimum absolute atomic E-state index is 0.0674. The maximum atomic E-state index is 13.0. The Bertz CT molecular complexity index is 761. The third-order valence-corrected chi connectivity index (χ3v) is 5.74. The molecule has 1 saturated heterocycles. The van der Waals surface area contributed by atoms with Gasteiger partial charge >= 0.3 is 5.97 Å². The number of esters is 1. The van der Waals surface area contributed by atoms with Crippen LogP contribution in [0.1, 0.15) is 58.8 Å². The fourth-order valence-electron chi connectivity index (χ4n) is 3.70.